The van der Waals surface area contributed by atoms with Crippen molar-refractivity contribution in [1.82, 2.24) is 4.31 Å². The zero-order valence-electron chi connectivity index (χ0n) is 17.5. The number of fused-ring (bicyclic) bond motifs is 2. The average molecular weight is 465 g/mol. The second-order valence-electron chi connectivity index (χ2n) is 7.46. The first kappa shape index (κ1) is 20.9. The Bertz CT molecular complexity index is 1410. The van der Waals surface area contributed by atoms with Crippen molar-refractivity contribution in [2.24, 2.45) is 0 Å². The molecule has 9 heteroatoms. The van der Waals surface area contributed by atoms with Gasteiger partial charge in [0, 0.05) is 11.1 Å². The summed E-state index contributed by atoms with van der Waals surface area (Å²) in [5.74, 6) is 0.206. The van der Waals surface area contributed by atoms with E-state index in [9.17, 15) is 18.3 Å². The van der Waals surface area contributed by atoms with Gasteiger partial charge in [0.2, 0.25) is 6.79 Å². The highest BCUT2D eigenvalue weighted by Gasteiger charge is 2.40. The first-order chi connectivity index (χ1) is 15.9. The van der Waals surface area contributed by atoms with Gasteiger partial charge < -0.3 is 19.3 Å². The zero-order chi connectivity index (χ0) is 23.2. The van der Waals surface area contributed by atoms with Crippen LogP contribution in [0.25, 0.3) is 5.57 Å². The summed E-state index contributed by atoms with van der Waals surface area (Å²) >= 11 is 0. The minimum Gasteiger partial charge on any atom is -0.497 e. The number of ether oxygens (including phenoxy) is 3. The van der Waals surface area contributed by atoms with Crippen LogP contribution in [0.4, 0.5) is 0 Å². The van der Waals surface area contributed by atoms with Gasteiger partial charge in [0.25, 0.3) is 10.0 Å². The van der Waals surface area contributed by atoms with Crippen molar-refractivity contribution < 1.29 is 32.5 Å². The third-order valence-corrected chi connectivity index (χ3v) is 7.34. The maximum absolute atomic E-state index is 13.6. The van der Waals surface area contributed by atoms with E-state index in [1.165, 1.54) is 13.2 Å². The van der Waals surface area contributed by atoms with Crippen LogP contribution in [0.2, 0.25) is 0 Å². The van der Waals surface area contributed by atoms with Gasteiger partial charge in [0.05, 0.1) is 18.6 Å². The Labute approximate surface area is 190 Å². The second-order valence-corrected chi connectivity index (χ2v) is 9.29. The standard InChI is InChI=1S/C24H19NO7S/c1-30-17-6-4-5-16(12-17)22-18-7-2-3-8-21(18)33(28,29)25(23(22)24(26)27)13-15-9-10-19-20(11-15)32-14-31-19/h2-12H,13-14H2,1H3,(H,26,27). The van der Waals surface area contributed by atoms with Crippen molar-refractivity contribution in [3.05, 3.63) is 89.1 Å². The summed E-state index contributed by atoms with van der Waals surface area (Å²) in [6, 6.07) is 18.3. The van der Waals surface area contributed by atoms with E-state index in [0.717, 1.165) is 4.31 Å². The van der Waals surface area contributed by atoms with E-state index in [1.54, 1.807) is 60.7 Å². The molecular formula is C24H19NO7S. The monoisotopic (exact) mass is 465 g/mol. The van der Waals surface area contributed by atoms with Gasteiger partial charge in [-0.3, -0.25) is 4.31 Å². The quantitative estimate of drug-likeness (QED) is 0.616. The number of carboxylic acids is 1. The van der Waals surface area contributed by atoms with Crippen molar-refractivity contribution in [1.29, 1.82) is 0 Å². The molecule has 0 fully saturated rings. The molecule has 0 unspecified atom stereocenters. The molecule has 2 heterocycles. The Morgan fingerprint density at radius 1 is 1.03 bits per heavy atom. The van der Waals surface area contributed by atoms with Crippen LogP contribution in [0.15, 0.2) is 77.3 Å². The number of benzene rings is 3. The Balaban J connectivity index is 1.74. The highest BCUT2D eigenvalue weighted by Crippen LogP contribution is 2.42. The fourth-order valence-corrected chi connectivity index (χ4v) is 5.71. The number of hydrogen-bond acceptors (Lipinski definition) is 6. The Morgan fingerprint density at radius 3 is 2.61 bits per heavy atom. The molecular weight excluding hydrogens is 446 g/mol. The first-order valence-electron chi connectivity index (χ1n) is 10.0. The molecule has 168 valence electrons. The number of rotatable bonds is 5. The minimum atomic E-state index is -4.15. The maximum Gasteiger partial charge on any atom is 0.353 e. The molecule has 8 nitrogen and oxygen atoms in total. The second kappa shape index (κ2) is 7.86. The number of aliphatic carboxylic acids is 1. The molecule has 0 atom stereocenters. The van der Waals surface area contributed by atoms with Crippen molar-refractivity contribution in [3.63, 3.8) is 0 Å². The molecule has 2 aliphatic heterocycles. The van der Waals surface area contributed by atoms with Gasteiger partial charge in [-0.2, -0.15) is 0 Å². The van der Waals surface area contributed by atoms with Gasteiger partial charge in [-0.25, -0.2) is 13.2 Å². The average Bonchev–Trinajstić information content (AvgIpc) is 3.28. The fraction of sp³-hybridized carbons (Fsp3) is 0.125. The van der Waals surface area contributed by atoms with Gasteiger partial charge in [-0.1, -0.05) is 36.4 Å². The highest BCUT2D eigenvalue weighted by atomic mass is 32.2. The third kappa shape index (κ3) is 3.46. The number of carboxylic acid groups (broad SMARTS) is 1. The fourth-order valence-electron chi connectivity index (χ4n) is 4.04. The molecule has 5 rings (SSSR count). The lowest BCUT2D eigenvalue weighted by atomic mass is 9.95. The van der Waals surface area contributed by atoms with Crippen LogP contribution in [0.1, 0.15) is 16.7 Å². The number of hydrogen-bond donors (Lipinski definition) is 1. The van der Waals surface area contributed by atoms with Crippen molar-refractivity contribution in [2.75, 3.05) is 13.9 Å². The Hall–Kier alpha value is -3.98. The summed E-state index contributed by atoms with van der Waals surface area (Å²) in [5, 5.41) is 10.2. The lowest BCUT2D eigenvalue weighted by molar-refractivity contribution is -0.133. The van der Waals surface area contributed by atoms with E-state index < -0.39 is 16.0 Å². The summed E-state index contributed by atoms with van der Waals surface area (Å²) in [5.41, 5.74) is 1.38. The molecule has 0 aromatic heterocycles. The van der Waals surface area contributed by atoms with Gasteiger partial charge in [0.15, 0.2) is 11.5 Å². The number of nitrogens with zero attached hydrogens (tertiary/aromatic N) is 1. The topological polar surface area (TPSA) is 102 Å². The SMILES string of the molecule is COc1cccc(C2=C(C(=O)O)N(Cc3ccc4c(c3)OCO4)S(=O)(=O)c3ccccc32)c1. The minimum absolute atomic E-state index is 0.0357. The molecule has 0 aliphatic carbocycles. The molecule has 0 radical (unpaired) electrons. The number of methoxy groups -OCH3 is 1. The van der Waals surface area contributed by atoms with E-state index in [1.807, 2.05) is 0 Å². The summed E-state index contributed by atoms with van der Waals surface area (Å²) in [6.07, 6.45) is 0. The predicted molar refractivity (Wildman–Crippen MR) is 118 cm³/mol. The van der Waals surface area contributed by atoms with Crippen LogP contribution < -0.4 is 14.2 Å². The maximum atomic E-state index is 13.6. The van der Waals surface area contributed by atoms with Crippen molar-refractivity contribution in [2.45, 2.75) is 11.4 Å². The van der Waals surface area contributed by atoms with Gasteiger partial charge in [-0.15, -0.1) is 0 Å². The van der Waals surface area contributed by atoms with Gasteiger partial charge in [-0.05, 0) is 41.5 Å². The van der Waals surface area contributed by atoms with Crippen LogP contribution in [0.3, 0.4) is 0 Å². The molecule has 0 saturated carbocycles. The molecule has 33 heavy (non-hydrogen) atoms. The lowest BCUT2D eigenvalue weighted by Crippen LogP contribution is -2.37. The zero-order valence-corrected chi connectivity index (χ0v) is 18.3. The molecule has 0 amide bonds. The first-order valence-corrected chi connectivity index (χ1v) is 11.5. The molecule has 3 aromatic rings. The van der Waals surface area contributed by atoms with E-state index in [4.69, 9.17) is 14.2 Å². The van der Waals surface area contributed by atoms with E-state index in [2.05, 4.69) is 0 Å². The summed E-state index contributed by atoms with van der Waals surface area (Å²) in [7, 11) is -2.64. The molecule has 0 saturated heterocycles. The Morgan fingerprint density at radius 2 is 1.82 bits per heavy atom. The molecule has 3 aromatic carbocycles. The smallest absolute Gasteiger partial charge is 0.353 e. The van der Waals surface area contributed by atoms with E-state index >= 15 is 0 Å². The van der Waals surface area contributed by atoms with Crippen LogP contribution >= 0.6 is 0 Å². The molecule has 2 aliphatic rings. The molecule has 1 N–H and O–H groups in total. The Kier molecular flexibility index (Phi) is 4.98. The number of sulfonamides is 1. The normalized spacial score (nSPS) is 15.8. The highest BCUT2D eigenvalue weighted by molar-refractivity contribution is 7.89. The van der Waals surface area contributed by atoms with Crippen molar-refractivity contribution >= 4 is 21.6 Å². The van der Waals surface area contributed by atoms with Gasteiger partial charge >= 0.3 is 5.97 Å². The van der Waals surface area contributed by atoms with Gasteiger partial charge in [0.1, 0.15) is 11.4 Å². The summed E-state index contributed by atoms with van der Waals surface area (Å²) in [4.78, 5) is 12.6. The summed E-state index contributed by atoms with van der Waals surface area (Å²) < 4.78 is 44.2. The van der Waals surface area contributed by atoms with Crippen LogP contribution in [0, 0.1) is 0 Å². The largest absolute Gasteiger partial charge is 0.497 e. The third-order valence-electron chi connectivity index (χ3n) is 5.53. The molecule has 0 spiro atoms. The van der Waals surface area contributed by atoms with E-state index in [0.29, 0.717) is 39.5 Å². The van der Waals surface area contributed by atoms with Crippen LogP contribution in [-0.2, 0) is 21.4 Å². The van der Waals surface area contributed by atoms with Crippen LogP contribution in [-0.4, -0.2) is 37.7 Å². The predicted octanol–water partition coefficient (Wildman–Crippen LogP) is 3.47. The van der Waals surface area contributed by atoms with Crippen LogP contribution in [0.5, 0.6) is 17.2 Å². The molecule has 0 bridgehead atoms. The van der Waals surface area contributed by atoms with E-state index in [-0.39, 0.29) is 23.9 Å². The van der Waals surface area contributed by atoms with Crippen molar-refractivity contribution in [3.8, 4) is 17.2 Å². The number of carbonyl (C=O) groups is 1. The summed E-state index contributed by atoms with van der Waals surface area (Å²) in [6.45, 7) is -0.114. The lowest BCUT2D eigenvalue weighted by Gasteiger charge is -2.32.